The maximum Gasteiger partial charge on any atom is 0.234 e. The lowest BCUT2D eigenvalue weighted by Crippen LogP contribution is -2.49. The minimum absolute atomic E-state index is 0.149. The average Bonchev–Trinajstić information content (AvgIpc) is 2.57. The molecule has 1 aromatic heterocycles. The first-order chi connectivity index (χ1) is 8.62. The van der Waals surface area contributed by atoms with Crippen molar-refractivity contribution in [2.45, 2.75) is 59.4 Å². The van der Waals surface area contributed by atoms with Gasteiger partial charge in [-0.3, -0.25) is 4.79 Å². The van der Waals surface area contributed by atoms with Crippen LogP contribution in [0.5, 0.6) is 0 Å². The van der Waals surface area contributed by atoms with E-state index in [0.717, 1.165) is 17.9 Å². The van der Waals surface area contributed by atoms with Crippen LogP contribution in [0.4, 0.5) is 0 Å². The predicted molar refractivity (Wildman–Crippen MR) is 73.9 cm³/mol. The number of carbonyl (C=O) groups is 1. The number of carbonyl (C=O) groups excluding carboxylic acids is 1. The Bertz CT molecular complexity index is 477. The van der Waals surface area contributed by atoms with E-state index in [0.29, 0.717) is 6.54 Å². The van der Waals surface area contributed by atoms with Crippen molar-refractivity contribution in [3.63, 3.8) is 0 Å². The summed E-state index contributed by atoms with van der Waals surface area (Å²) in [7, 11) is 0. The summed E-state index contributed by atoms with van der Waals surface area (Å²) in [6.07, 6.45) is 2.23. The smallest absolute Gasteiger partial charge is 0.234 e. The van der Waals surface area contributed by atoms with Gasteiger partial charge in [-0.15, -0.1) is 0 Å². The largest absolute Gasteiger partial charge is 0.447 e. The van der Waals surface area contributed by atoms with E-state index in [1.54, 1.807) is 0 Å². The first-order valence-electron chi connectivity index (χ1n) is 6.86. The van der Waals surface area contributed by atoms with Crippen LogP contribution in [-0.2, 0) is 11.2 Å². The molecule has 0 fully saturated rings. The van der Waals surface area contributed by atoms with Crippen LogP contribution in [0.1, 0.15) is 58.9 Å². The summed E-state index contributed by atoms with van der Waals surface area (Å²) in [4.78, 5) is 19.2. The van der Waals surface area contributed by atoms with Crippen molar-refractivity contribution in [3.05, 3.63) is 17.8 Å². The number of hydrogen-bond donors (Lipinski definition) is 0. The molecule has 1 unspecified atom stereocenters. The van der Waals surface area contributed by atoms with E-state index in [1.165, 1.54) is 6.39 Å². The Morgan fingerprint density at radius 3 is 2.42 bits per heavy atom. The van der Waals surface area contributed by atoms with E-state index in [4.69, 9.17) is 4.42 Å². The molecule has 4 heteroatoms. The number of fused-ring (bicyclic) bond motifs is 1. The SMILES string of the molecule is CC(C)(C)C1C(=O)N(C(C)(C)C)CCc2ncoc21. The highest BCUT2D eigenvalue weighted by atomic mass is 16.3. The van der Waals surface area contributed by atoms with Gasteiger partial charge in [0.2, 0.25) is 5.91 Å². The van der Waals surface area contributed by atoms with E-state index >= 15 is 0 Å². The van der Waals surface area contributed by atoms with Crippen LogP contribution < -0.4 is 0 Å². The van der Waals surface area contributed by atoms with Crippen LogP contribution in [0.15, 0.2) is 10.8 Å². The highest BCUT2D eigenvalue weighted by Crippen LogP contribution is 2.41. The van der Waals surface area contributed by atoms with Gasteiger partial charge in [0, 0.05) is 18.5 Å². The molecule has 1 amide bonds. The zero-order valence-electron chi connectivity index (χ0n) is 12.8. The lowest BCUT2D eigenvalue weighted by molar-refractivity contribution is -0.140. The maximum absolute atomic E-state index is 12.9. The molecule has 1 aliphatic heterocycles. The Morgan fingerprint density at radius 1 is 1.26 bits per heavy atom. The van der Waals surface area contributed by atoms with Crippen LogP contribution in [0.25, 0.3) is 0 Å². The molecule has 0 spiro atoms. The topological polar surface area (TPSA) is 46.3 Å². The summed E-state index contributed by atoms with van der Waals surface area (Å²) < 4.78 is 5.55. The standard InChI is InChI=1S/C15H24N2O2/c1-14(2,3)11-12-10(16-9-19-12)7-8-17(13(11)18)15(4,5)6/h9,11H,7-8H2,1-6H3. The summed E-state index contributed by atoms with van der Waals surface area (Å²) in [5.74, 6) is 0.645. The van der Waals surface area contributed by atoms with Crippen molar-refractivity contribution < 1.29 is 9.21 Å². The molecule has 0 N–H and O–H groups in total. The summed E-state index contributed by atoms with van der Waals surface area (Å²) in [5, 5.41) is 0. The fourth-order valence-electron chi connectivity index (χ4n) is 2.73. The molecule has 106 valence electrons. The van der Waals surface area contributed by atoms with Gasteiger partial charge in [-0.1, -0.05) is 20.8 Å². The Kier molecular flexibility index (Phi) is 3.23. The van der Waals surface area contributed by atoms with E-state index < -0.39 is 0 Å². The minimum atomic E-state index is -0.258. The van der Waals surface area contributed by atoms with Gasteiger partial charge in [0.05, 0.1) is 5.69 Å². The molecule has 0 saturated carbocycles. The number of oxazole rings is 1. The number of amides is 1. The molecular weight excluding hydrogens is 240 g/mol. The second-order valence-electron chi connectivity index (χ2n) is 7.37. The predicted octanol–water partition coefficient (Wildman–Crippen LogP) is 2.99. The van der Waals surface area contributed by atoms with Gasteiger partial charge in [-0.05, 0) is 26.2 Å². The summed E-state index contributed by atoms with van der Waals surface area (Å²) in [5.41, 5.74) is 0.573. The van der Waals surface area contributed by atoms with Crippen LogP contribution in [0.3, 0.4) is 0 Å². The van der Waals surface area contributed by atoms with Crippen LogP contribution in [-0.4, -0.2) is 27.9 Å². The van der Waals surface area contributed by atoms with E-state index in [2.05, 4.69) is 46.5 Å². The molecule has 0 aromatic carbocycles. The maximum atomic E-state index is 12.9. The van der Waals surface area contributed by atoms with E-state index in [9.17, 15) is 4.79 Å². The Morgan fingerprint density at radius 2 is 1.89 bits per heavy atom. The highest BCUT2D eigenvalue weighted by molar-refractivity contribution is 5.85. The molecular formula is C15H24N2O2. The van der Waals surface area contributed by atoms with Crippen LogP contribution in [0, 0.1) is 5.41 Å². The third-order valence-electron chi connectivity index (χ3n) is 3.70. The van der Waals surface area contributed by atoms with Gasteiger partial charge in [0.25, 0.3) is 0 Å². The third kappa shape index (κ3) is 2.53. The summed E-state index contributed by atoms with van der Waals surface area (Å²) in [6, 6.07) is 0. The van der Waals surface area contributed by atoms with Crippen LogP contribution >= 0.6 is 0 Å². The number of rotatable bonds is 0. The second-order valence-corrected chi connectivity index (χ2v) is 7.37. The third-order valence-corrected chi connectivity index (χ3v) is 3.70. The van der Waals surface area contributed by atoms with Crippen LogP contribution in [0.2, 0.25) is 0 Å². The Labute approximate surface area is 115 Å². The first kappa shape index (κ1) is 14.1. The molecule has 0 aliphatic carbocycles. The molecule has 1 atom stereocenters. The van der Waals surface area contributed by atoms with Gasteiger partial charge in [-0.25, -0.2) is 4.98 Å². The molecule has 2 rings (SSSR count). The zero-order valence-corrected chi connectivity index (χ0v) is 12.8. The second kappa shape index (κ2) is 4.36. The number of hydrogen-bond acceptors (Lipinski definition) is 3. The normalized spacial score (nSPS) is 21.3. The molecule has 0 bridgehead atoms. The fourth-order valence-corrected chi connectivity index (χ4v) is 2.73. The van der Waals surface area contributed by atoms with Gasteiger partial charge < -0.3 is 9.32 Å². The fraction of sp³-hybridized carbons (Fsp3) is 0.733. The van der Waals surface area contributed by atoms with Crippen molar-refractivity contribution in [3.8, 4) is 0 Å². The van der Waals surface area contributed by atoms with Gasteiger partial charge in [-0.2, -0.15) is 0 Å². The van der Waals surface area contributed by atoms with Gasteiger partial charge in [0.15, 0.2) is 6.39 Å². The monoisotopic (exact) mass is 264 g/mol. The zero-order chi connectivity index (χ0) is 14.4. The van der Waals surface area contributed by atoms with E-state index in [-0.39, 0.29) is 22.8 Å². The average molecular weight is 264 g/mol. The minimum Gasteiger partial charge on any atom is -0.447 e. The highest BCUT2D eigenvalue weighted by Gasteiger charge is 2.44. The van der Waals surface area contributed by atoms with Crippen molar-refractivity contribution in [1.29, 1.82) is 0 Å². The first-order valence-corrected chi connectivity index (χ1v) is 6.86. The molecule has 1 aliphatic rings. The molecule has 4 nitrogen and oxygen atoms in total. The number of aromatic nitrogens is 1. The lowest BCUT2D eigenvalue weighted by atomic mass is 9.77. The molecule has 0 radical (unpaired) electrons. The van der Waals surface area contributed by atoms with Gasteiger partial charge in [0.1, 0.15) is 11.7 Å². The molecule has 2 heterocycles. The molecule has 0 saturated heterocycles. The summed E-state index contributed by atoms with van der Waals surface area (Å²) >= 11 is 0. The molecule has 1 aromatic rings. The molecule has 19 heavy (non-hydrogen) atoms. The summed E-state index contributed by atoms with van der Waals surface area (Å²) in [6.45, 7) is 13.2. The van der Waals surface area contributed by atoms with E-state index in [1.807, 2.05) is 4.90 Å². The lowest BCUT2D eigenvalue weighted by Gasteiger charge is -2.39. The van der Waals surface area contributed by atoms with Crippen molar-refractivity contribution in [2.24, 2.45) is 5.41 Å². The Hall–Kier alpha value is -1.32. The van der Waals surface area contributed by atoms with Crippen molar-refractivity contribution >= 4 is 5.91 Å². The van der Waals surface area contributed by atoms with Crippen molar-refractivity contribution in [1.82, 2.24) is 9.88 Å². The Balaban J connectivity index is 2.50. The van der Waals surface area contributed by atoms with Crippen molar-refractivity contribution in [2.75, 3.05) is 6.54 Å². The number of nitrogens with zero attached hydrogens (tertiary/aromatic N) is 2. The van der Waals surface area contributed by atoms with Gasteiger partial charge >= 0.3 is 0 Å². The quantitative estimate of drug-likeness (QED) is 0.723.